The van der Waals surface area contributed by atoms with E-state index >= 15 is 0 Å². The first-order chi connectivity index (χ1) is 8.52. The number of benzene rings is 1. The molecule has 1 atom stereocenters. The van der Waals surface area contributed by atoms with Crippen LogP contribution < -0.4 is 4.90 Å². The van der Waals surface area contributed by atoms with E-state index in [9.17, 15) is 9.18 Å². The zero-order chi connectivity index (χ0) is 13.7. The highest BCUT2D eigenvalue weighted by Gasteiger charge is 2.20. The Morgan fingerprint density at radius 3 is 2.67 bits per heavy atom. The topological polar surface area (TPSA) is 29.5 Å². The smallest absolute Gasteiger partial charge is 0.164 e. The number of hydrogen-bond donors (Lipinski definition) is 0. The second-order valence-electron chi connectivity index (χ2n) is 4.28. The van der Waals surface area contributed by atoms with Crippen molar-refractivity contribution in [3.05, 3.63) is 29.6 Å². The molecular weight excluding hydrogens is 233 g/mol. The highest BCUT2D eigenvalue weighted by Crippen LogP contribution is 2.25. The quantitative estimate of drug-likeness (QED) is 0.730. The lowest BCUT2D eigenvalue weighted by Gasteiger charge is -2.31. The second kappa shape index (κ2) is 6.50. The molecule has 0 aromatic heterocycles. The van der Waals surface area contributed by atoms with E-state index < -0.39 is 5.82 Å². The van der Waals surface area contributed by atoms with Gasteiger partial charge in [-0.05, 0) is 32.9 Å². The molecule has 1 aromatic carbocycles. The summed E-state index contributed by atoms with van der Waals surface area (Å²) < 4.78 is 18.9. The third-order valence-corrected chi connectivity index (χ3v) is 2.93. The van der Waals surface area contributed by atoms with Crippen LogP contribution in [0.4, 0.5) is 10.1 Å². The van der Waals surface area contributed by atoms with Crippen LogP contribution in [-0.4, -0.2) is 32.1 Å². The molecule has 0 saturated carbocycles. The van der Waals surface area contributed by atoms with Crippen molar-refractivity contribution in [2.75, 3.05) is 25.2 Å². The normalized spacial score (nSPS) is 12.3. The van der Waals surface area contributed by atoms with Crippen molar-refractivity contribution in [3.8, 4) is 0 Å². The molecule has 0 saturated heterocycles. The summed E-state index contributed by atoms with van der Waals surface area (Å²) in [6.07, 6.45) is 0. The minimum Gasteiger partial charge on any atom is -0.383 e. The van der Waals surface area contributed by atoms with Crippen molar-refractivity contribution in [2.45, 2.75) is 26.8 Å². The number of halogens is 1. The molecule has 0 N–H and O–H groups in total. The van der Waals surface area contributed by atoms with Crippen molar-refractivity contribution in [2.24, 2.45) is 0 Å². The maximum Gasteiger partial charge on any atom is 0.164 e. The Bertz CT molecular complexity index is 420. The minimum atomic E-state index is -0.469. The fourth-order valence-electron chi connectivity index (χ4n) is 2.15. The molecule has 0 bridgehead atoms. The summed E-state index contributed by atoms with van der Waals surface area (Å²) in [6, 6.07) is 4.80. The summed E-state index contributed by atoms with van der Waals surface area (Å²) in [7, 11) is 1.63. The molecule has 1 aromatic rings. The predicted molar refractivity (Wildman–Crippen MR) is 70.8 cm³/mol. The molecule has 0 aliphatic carbocycles. The third kappa shape index (κ3) is 3.07. The Hall–Kier alpha value is -1.42. The lowest BCUT2D eigenvalue weighted by molar-refractivity contribution is 0.101. The summed E-state index contributed by atoms with van der Waals surface area (Å²) in [6.45, 7) is 6.56. The first kappa shape index (κ1) is 14.6. The number of carbonyl (C=O) groups is 1. The zero-order valence-electron chi connectivity index (χ0n) is 11.4. The molecule has 0 fully saturated rings. The van der Waals surface area contributed by atoms with Crippen LogP contribution >= 0.6 is 0 Å². The molecular formula is C14H20FNO2. The number of carbonyl (C=O) groups excluding carboxylic acids is 1. The molecule has 18 heavy (non-hydrogen) atoms. The van der Waals surface area contributed by atoms with Crippen LogP contribution in [0.2, 0.25) is 0 Å². The standard InChI is InChI=1S/C14H20FNO2/c1-5-16(10(2)9-18-4)13-8-6-7-12(15)14(13)11(3)17/h6-8,10H,5,9H2,1-4H3. The lowest BCUT2D eigenvalue weighted by Crippen LogP contribution is -2.37. The number of rotatable bonds is 6. The van der Waals surface area contributed by atoms with Crippen LogP contribution in [0.15, 0.2) is 18.2 Å². The van der Waals surface area contributed by atoms with E-state index in [2.05, 4.69) is 0 Å². The molecule has 0 heterocycles. The fraction of sp³-hybridized carbons (Fsp3) is 0.500. The van der Waals surface area contributed by atoms with E-state index in [-0.39, 0.29) is 17.4 Å². The largest absolute Gasteiger partial charge is 0.383 e. The summed E-state index contributed by atoms with van der Waals surface area (Å²) >= 11 is 0. The SMILES string of the molecule is CCN(c1cccc(F)c1C(C)=O)C(C)COC. The molecule has 0 spiro atoms. The number of nitrogens with zero attached hydrogens (tertiary/aromatic N) is 1. The van der Waals surface area contributed by atoms with Gasteiger partial charge in [-0.25, -0.2) is 4.39 Å². The number of hydrogen-bond acceptors (Lipinski definition) is 3. The molecule has 0 radical (unpaired) electrons. The van der Waals surface area contributed by atoms with Gasteiger partial charge in [0.1, 0.15) is 5.82 Å². The van der Waals surface area contributed by atoms with Crippen LogP contribution in [0.1, 0.15) is 31.1 Å². The molecule has 0 aliphatic heterocycles. The van der Waals surface area contributed by atoms with Gasteiger partial charge in [0.15, 0.2) is 5.78 Å². The van der Waals surface area contributed by atoms with Crippen LogP contribution in [0, 0.1) is 5.82 Å². The predicted octanol–water partition coefficient (Wildman–Crippen LogP) is 2.89. The minimum absolute atomic E-state index is 0.0832. The van der Waals surface area contributed by atoms with Crippen molar-refractivity contribution in [1.82, 2.24) is 0 Å². The van der Waals surface area contributed by atoms with E-state index in [0.717, 1.165) is 0 Å². The average Bonchev–Trinajstić information content (AvgIpc) is 2.29. The van der Waals surface area contributed by atoms with Crippen molar-refractivity contribution in [3.63, 3.8) is 0 Å². The van der Waals surface area contributed by atoms with Crippen molar-refractivity contribution < 1.29 is 13.9 Å². The summed E-state index contributed by atoms with van der Waals surface area (Å²) in [5.41, 5.74) is 0.789. The second-order valence-corrected chi connectivity index (χ2v) is 4.28. The molecule has 4 heteroatoms. The average molecular weight is 253 g/mol. The summed E-state index contributed by atoms with van der Waals surface area (Å²) in [5.74, 6) is -0.728. The Kier molecular flexibility index (Phi) is 5.28. The monoisotopic (exact) mass is 253 g/mol. The van der Waals surface area contributed by atoms with Gasteiger partial charge in [-0.2, -0.15) is 0 Å². The number of ether oxygens (including phenoxy) is 1. The number of Topliss-reactive ketones (excluding diaryl/α,β-unsaturated/α-hetero) is 1. The summed E-state index contributed by atoms with van der Waals surface area (Å²) in [5, 5.41) is 0. The molecule has 3 nitrogen and oxygen atoms in total. The Morgan fingerprint density at radius 2 is 2.17 bits per heavy atom. The highest BCUT2D eigenvalue weighted by atomic mass is 19.1. The molecule has 0 amide bonds. The van der Waals surface area contributed by atoms with Crippen molar-refractivity contribution in [1.29, 1.82) is 0 Å². The van der Waals surface area contributed by atoms with E-state index in [1.54, 1.807) is 19.2 Å². The summed E-state index contributed by atoms with van der Waals surface area (Å²) in [4.78, 5) is 13.6. The van der Waals surface area contributed by atoms with E-state index in [0.29, 0.717) is 18.8 Å². The van der Waals surface area contributed by atoms with Gasteiger partial charge in [0.2, 0.25) is 0 Å². The number of methoxy groups -OCH3 is 1. The fourth-order valence-corrected chi connectivity index (χ4v) is 2.15. The van der Waals surface area contributed by atoms with Gasteiger partial charge < -0.3 is 9.64 Å². The van der Waals surface area contributed by atoms with Gasteiger partial charge in [0, 0.05) is 19.7 Å². The Labute approximate surface area is 108 Å². The first-order valence-corrected chi connectivity index (χ1v) is 6.07. The van der Waals surface area contributed by atoms with Crippen LogP contribution in [0.3, 0.4) is 0 Å². The maximum absolute atomic E-state index is 13.8. The van der Waals surface area contributed by atoms with Crippen molar-refractivity contribution >= 4 is 11.5 Å². The molecule has 0 aliphatic rings. The third-order valence-electron chi connectivity index (χ3n) is 2.93. The number of likely N-dealkylation sites (N-methyl/N-ethyl adjacent to an activating group) is 1. The zero-order valence-corrected chi connectivity index (χ0v) is 11.4. The molecule has 1 rings (SSSR count). The van der Waals surface area contributed by atoms with Crippen LogP contribution in [0.5, 0.6) is 0 Å². The van der Waals surface area contributed by atoms with E-state index in [1.165, 1.54) is 13.0 Å². The van der Waals surface area contributed by atoms with Gasteiger partial charge in [0.05, 0.1) is 17.9 Å². The Morgan fingerprint density at radius 1 is 1.50 bits per heavy atom. The van der Waals surface area contributed by atoms with E-state index in [1.807, 2.05) is 18.7 Å². The highest BCUT2D eigenvalue weighted by molar-refractivity contribution is 6.00. The molecule has 1 unspecified atom stereocenters. The van der Waals surface area contributed by atoms with E-state index in [4.69, 9.17) is 4.74 Å². The van der Waals surface area contributed by atoms with Gasteiger partial charge in [0.25, 0.3) is 0 Å². The van der Waals surface area contributed by atoms with Gasteiger partial charge in [-0.15, -0.1) is 0 Å². The molecule has 100 valence electrons. The number of anilines is 1. The Balaban J connectivity index is 3.21. The maximum atomic E-state index is 13.8. The first-order valence-electron chi connectivity index (χ1n) is 6.07. The lowest BCUT2D eigenvalue weighted by atomic mass is 10.1. The van der Waals surface area contributed by atoms with Gasteiger partial charge >= 0.3 is 0 Å². The number of ketones is 1. The van der Waals surface area contributed by atoms with Crippen LogP contribution in [0.25, 0.3) is 0 Å². The van der Waals surface area contributed by atoms with Crippen LogP contribution in [-0.2, 0) is 4.74 Å². The van der Waals surface area contributed by atoms with Gasteiger partial charge in [-0.3, -0.25) is 4.79 Å². The van der Waals surface area contributed by atoms with Gasteiger partial charge in [-0.1, -0.05) is 6.07 Å².